The van der Waals surface area contributed by atoms with Crippen molar-refractivity contribution in [1.29, 1.82) is 0 Å². The van der Waals surface area contributed by atoms with Crippen molar-refractivity contribution in [2.24, 2.45) is 0 Å². The number of nitrogen functional groups attached to an aromatic ring is 1. The highest BCUT2D eigenvalue weighted by Crippen LogP contribution is 2.43. The molecule has 2 heterocycles. The molecule has 37 heavy (non-hydrogen) atoms. The van der Waals surface area contributed by atoms with Gasteiger partial charge in [0, 0.05) is 37.3 Å². The molecule has 1 aromatic heterocycles. The molecule has 196 valence electrons. The number of thiophene rings is 1. The van der Waals surface area contributed by atoms with Crippen molar-refractivity contribution >= 4 is 40.6 Å². The van der Waals surface area contributed by atoms with E-state index >= 15 is 0 Å². The summed E-state index contributed by atoms with van der Waals surface area (Å²) in [6, 6.07) is 17.2. The van der Waals surface area contributed by atoms with Gasteiger partial charge >= 0.3 is 12.1 Å². The number of nitrogens with zero attached hydrogens (tertiary/aromatic N) is 1. The molecule has 12 heteroatoms. The Morgan fingerprint density at radius 2 is 1.73 bits per heavy atom. The zero-order valence-electron chi connectivity index (χ0n) is 19.6. The van der Waals surface area contributed by atoms with Gasteiger partial charge in [-0.05, 0) is 5.56 Å². The van der Waals surface area contributed by atoms with Crippen LogP contribution in [0.2, 0.25) is 0 Å². The molecule has 1 fully saturated rings. The van der Waals surface area contributed by atoms with Gasteiger partial charge in [0.2, 0.25) is 5.78 Å². The number of carbonyl (C=O) groups is 3. The normalized spacial score (nSPS) is 15.8. The van der Waals surface area contributed by atoms with Crippen LogP contribution in [0.3, 0.4) is 0 Å². The van der Waals surface area contributed by atoms with Gasteiger partial charge in [0.25, 0.3) is 0 Å². The molecular weight excluding hydrogens is 509 g/mol. The van der Waals surface area contributed by atoms with E-state index in [2.05, 4.69) is 10.6 Å². The van der Waals surface area contributed by atoms with Gasteiger partial charge in [-0.15, -0.1) is 16.4 Å². The van der Waals surface area contributed by atoms with Crippen molar-refractivity contribution in [3.63, 3.8) is 0 Å². The first kappa shape index (κ1) is 27.8. The number of ketones is 1. The van der Waals surface area contributed by atoms with Crippen molar-refractivity contribution < 1.29 is 32.4 Å². The van der Waals surface area contributed by atoms with E-state index in [4.69, 9.17) is 15.4 Å². The number of piperazine rings is 1. The molecule has 4 rings (SSSR count). The number of carbonyl (C=O) groups excluding carboxylic acids is 3. The lowest BCUT2D eigenvalue weighted by Gasteiger charge is -2.35. The van der Waals surface area contributed by atoms with Crippen LogP contribution in [0.5, 0.6) is 0 Å². The second-order valence-corrected chi connectivity index (χ2v) is 8.88. The van der Waals surface area contributed by atoms with Crippen LogP contribution in [0.4, 0.5) is 23.9 Å². The number of nitrogens with two attached hydrogens (primary N) is 1. The molecule has 1 atom stereocenters. The Hall–Kier alpha value is -3.74. The number of benzene rings is 2. The van der Waals surface area contributed by atoms with E-state index in [0.717, 1.165) is 22.0 Å². The minimum atomic E-state index is -5.14. The predicted molar refractivity (Wildman–Crippen MR) is 134 cm³/mol. The van der Waals surface area contributed by atoms with E-state index in [9.17, 15) is 22.8 Å². The minimum absolute atomic E-state index is 0.0157. The quantitative estimate of drug-likeness (QED) is 0.391. The summed E-state index contributed by atoms with van der Waals surface area (Å²) in [7, 11) is 0. The number of rotatable bonds is 7. The molecule has 4 N–H and O–H groups in total. The number of nitrogens with one attached hydrogen (secondary N) is 2. The molecule has 8 nitrogen and oxygen atoms in total. The molecule has 0 bridgehead atoms. The number of hydrogen-bond acceptors (Lipinski definition) is 9. The SMILES string of the molecule is C=O.Nc1c(C(=O)c2ccccc2)sc(NCc2ccccc2)c1C1CNCCN1OC(=O)C(F)(F)F. The second-order valence-electron chi connectivity index (χ2n) is 7.86. The molecule has 1 aliphatic heterocycles. The summed E-state index contributed by atoms with van der Waals surface area (Å²) in [6.07, 6.45) is -5.14. The molecule has 3 aromatic rings. The Kier molecular flexibility index (Phi) is 9.39. The van der Waals surface area contributed by atoms with E-state index in [0.29, 0.717) is 29.2 Å². The number of hydroxylamine groups is 2. The third-order valence-electron chi connectivity index (χ3n) is 5.48. The summed E-state index contributed by atoms with van der Waals surface area (Å²) < 4.78 is 38.7. The average molecular weight is 535 g/mol. The molecule has 0 spiro atoms. The molecule has 0 radical (unpaired) electrons. The predicted octanol–water partition coefficient (Wildman–Crippen LogP) is 3.96. The summed E-state index contributed by atoms with van der Waals surface area (Å²) in [4.78, 5) is 37.8. The summed E-state index contributed by atoms with van der Waals surface area (Å²) >= 11 is 1.13. The molecule has 2 aromatic carbocycles. The topological polar surface area (TPSA) is 114 Å². The third kappa shape index (κ3) is 6.73. The van der Waals surface area contributed by atoms with Crippen LogP contribution >= 0.6 is 11.3 Å². The molecule has 1 aliphatic rings. The van der Waals surface area contributed by atoms with Crippen LogP contribution in [0.25, 0.3) is 0 Å². The van der Waals surface area contributed by atoms with Crippen molar-refractivity contribution in [2.75, 3.05) is 30.7 Å². The number of halogens is 3. The lowest BCUT2D eigenvalue weighted by Crippen LogP contribution is -2.48. The van der Waals surface area contributed by atoms with E-state index < -0.39 is 18.2 Å². The fourth-order valence-electron chi connectivity index (χ4n) is 3.79. The number of alkyl halides is 3. The van der Waals surface area contributed by atoms with Gasteiger partial charge in [-0.25, -0.2) is 4.79 Å². The summed E-state index contributed by atoms with van der Waals surface area (Å²) in [5.74, 6) is -2.61. The van der Waals surface area contributed by atoms with Crippen LogP contribution in [0.1, 0.15) is 32.4 Å². The monoisotopic (exact) mass is 534 g/mol. The van der Waals surface area contributed by atoms with Gasteiger partial charge in [-0.2, -0.15) is 13.2 Å². The van der Waals surface area contributed by atoms with E-state index in [-0.39, 0.29) is 29.4 Å². The lowest BCUT2D eigenvalue weighted by atomic mass is 10.0. The first-order valence-corrected chi connectivity index (χ1v) is 11.9. The average Bonchev–Trinajstić information content (AvgIpc) is 3.24. The number of hydrogen-bond donors (Lipinski definition) is 3. The Labute approximate surface area is 215 Å². The molecule has 1 saturated heterocycles. The van der Waals surface area contributed by atoms with Crippen LogP contribution in [0.15, 0.2) is 60.7 Å². The van der Waals surface area contributed by atoms with Gasteiger partial charge in [0.15, 0.2) is 0 Å². The maximum absolute atomic E-state index is 13.2. The molecule has 0 saturated carbocycles. The van der Waals surface area contributed by atoms with Crippen LogP contribution in [-0.2, 0) is 21.0 Å². The Morgan fingerprint density at radius 3 is 2.35 bits per heavy atom. The number of anilines is 2. The summed E-state index contributed by atoms with van der Waals surface area (Å²) in [5, 5.41) is 7.87. The first-order chi connectivity index (χ1) is 17.8. The Balaban J connectivity index is 0.00000186. The van der Waals surface area contributed by atoms with Crippen LogP contribution in [-0.4, -0.2) is 49.4 Å². The van der Waals surface area contributed by atoms with E-state index in [1.54, 1.807) is 30.3 Å². The lowest BCUT2D eigenvalue weighted by molar-refractivity contribution is -0.249. The zero-order valence-corrected chi connectivity index (χ0v) is 20.4. The van der Waals surface area contributed by atoms with Crippen molar-refractivity contribution in [1.82, 2.24) is 10.4 Å². The van der Waals surface area contributed by atoms with Gasteiger partial charge in [-0.1, -0.05) is 60.7 Å². The maximum Gasteiger partial charge on any atom is 0.492 e. The highest BCUT2D eigenvalue weighted by atomic mass is 32.1. The van der Waals surface area contributed by atoms with E-state index in [1.807, 2.05) is 37.1 Å². The summed E-state index contributed by atoms with van der Waals surface area (Å²) in [5.41, 5.74) is 8.40. The molecule has 1 unspecified atom stereocenters. The van der Waals surface area contributed by atoms with Crippen molar-refractivity contribution in [2.45, 2.75) is 18.8 Å². The molecular formula is C25H25F3N4O4S. The third-order valence-corrected chi connectivity index (χ3v) is 6.66. The van der Waals surface area contributed by atoms with Crippen molar-refractivity contribution in [3.8, 4) is 0 Å². The Bertz CT molecular complexity index is 1210. The summed E-state index contributed by atoms with van der Waals surface area (Å²) in [6.45, 7) is 2.90. The fraction of sp³-hybridized carbons (Fsp3) is 0.240. The van der Waals surface area contributed by atoms with Gasteiger partial charge < -0.3 is 26.0 Å². The Morgan fingerprint density at radius 1 is 1.11 bits per heavy atom. The fourth-order valence-corrected chi connectivity index (χ4v) is 4.92. The van der Waals surface area contributed by atoms with Crippen LogP contribution < -0.4 is 16.4 Å². The molecule has 0 aliphatic carbocycles. The van der Waals surface area contributed by atoms with Gasteiger partial charge in [-0.3, -0.25) is 4.79 Å². The van der Waals surface area contributed by atoms with Gasteiger partial charge in [0.1, 0.15) is 11.7 Å². The standard InChI is InChI=1S/C24H23F3N4O3S.CH2O/c25-24(26,27)23(33)34-31-12-11-29-14-17(31)18-19(28)21(20(32)16-9-5-2-6-10-16)35-22(18)30-13-15-7-3-1-4-8-15;1-2/h1-10,17,29-30H,11-14,28H2;1H2. The van der Waals surface area contributed by atoms with Crippen LogP contribution in [0, 0.1) is 0 Å². The molecule has 0 amide bonds. The maximum atomic E-state index is 13.2. The van der Waals surface area contributed by atoms with Crippen molar-refractivity contribution in [3.05, 3.63) is 82.2 Å². The largest absolute Gasteiger partial charge is 0.492 e. The van der Waals surface area contributed by atoms with E-state index in [1.165, 1.54) is 0 Å². The highest BCUT2D eigenvalue weighted by Gasteiger charge is 2.44. The first-order valence-electron chi connectivity index (χ1n) is 11.1. The smallest absolute Gasteiger partial charge is 0.397 e. The zero-order chi connectivity index (χ0) is 27.0. The second kappa shape index (κ2) is 12.5. The van der Waals surface area contributed by atoms with Gasteiger partial charge in [0.05, 0.1) is 16.7 Å². The minimum Gasteiger partial charge on any atom is -0.397 e. The highest BCUT2D eigenvalue weighted by molar-refractivity contribution is 7.19.